The second kappa shape index (κ2) is 9.37. The Morgan fingerprint density at radius 1 is 1.00 bits per heavy atom. The zero-order valence-electron chi connectivity index (χ0n) is 18.2. The molecule has 3 aromatic rings. The van der Waals surface area contributed by atoms with Gasteiger partial charge in [-0.2, -0.15) is 5.26 Å². The summed E-state index contributed by atoms with van der Waals surface area (Å²) in [6.07, 6.45) is 0.106. The van der Waals surface area contributed by atoms with Gasteiger partial charge in [-0.3, -0.25) is 4.79 Å². The van der Waals surface area contributed by atoms with Gasteiger partial charge in [0.15, 0.2) is 0 Å². The van der Waals surface area contributed by atoms with Crippen molar-refractivity contribution in [1.29, 1.82) is 5.26 Å². The van der Waals surface area contributed by atoms with E-state index in [4.69, 9.17) is 24.7 Å². The van der Waals surface area contributed by atoms with E-state index in [1.165, 1.54) is 0 Å². The van der Waals surface area contributed by atoms with E-state index >= 15 is 0 Å². The van der Waals surface area contributed by atoms with Crippen LogP contribution in [0.15, 0.2) is 78.2 Å². The number of nitrogens with two attached hydrogens (primary N) is 1. The van der Waals surface area contributed by atoms with E-state index in [9.17, 15) is 10.1 Å². The molecule has 1 aliphatic heterocycles. The molecule has 0 aliphatic carbocycles. The van der Waals surface area contributed by atoms with Gasteiger partial charge in [0.2, 0.25) is 5.88 Å². The Hall–Kier alpha value is -4.44. The second-order valence-corrected chi connectivity index (χ2v) is 7.40. The molecule has 0 aromatic heterocycles. The molecule has 3 aromatic carbocycles. The number of methoxy groups -OCH3 is 2. The molecule has 2 N–H and O–H groups in total. The summed E-state index contributed by atoms with van der Waals surface area (Å²) in [5.74, 6) is 1.30. The highest BCUT2D eigenvalue weighted by molar-refractivity contribution is 5.75. The summed E-state index contributed by atoms with van der Waals surface area (Å²) in [4.78, 5) is 12.4. The first-order chi connectivity index (χ1) is 16.0. The minimum atomic E-state index is -0.432. The molecule has 1 heterocycles. The summed E-state index contributed by atoms with van der Waals surface area (Å²) in [5, 5.41) is 9.72. The number of benzene rings is 3. The highest BCUT2D eigenvalue weighted by Crippen LogP contribution is 2.44. The monoisotopic (exact) mass is 442 g/mol. The van der Waals surface area contributed by atoms with Gasteiger partial charge in [0.25, 0.3) is 0 Å². The Morgan fingerprint density at radius 2 is 1.73 bits per heavy atom. The molecule has 0 spiro atoms. The third kappa shape index (κ3) is 4.60. The molecule has 0 amide bonds. The number of carbonyl (C=O) groups excluding carboxylic acids is 1. The average Bonchev–Trinajstić information content (AvgIpc) is 2.83. The van der Waals surface area contributed by atoms with Crippen LogP contribution in [0.4, 0.5) is 0 Å². The Kier molecular flexibility index (Phi) is 6.18. The lowest BCUT2D eigenvalue weighted by atomic mass is 9.83. The fraction of sp³-hybridized carbons (Fsp3) is 0.154. The lowest BCUT2D eigenvalue weighted by molar-refractivity contribution is -0.133. The third-order valence-electron chi connectivity index (χ3n) is 5.36. The highest BCUT2D eigenvalue weighted by Gasteiger charge is 2.31. The summed E-state index contributed by atoms with van der Waals surface area (Å²) in [7, 11) is 3.17. The number of allylic oxidation sites excluding steroid dienone is 1. The predicted molar refractivity (Wildman–Crippen MR) is 121 cm³/mol. The number of nitriles is 1. The minimum absolute atomic E-state index is 0.0135. The first-order valence-corrected chi connectivity index (χ1v) is 10.2. The molecule has 7 heteroatoms. The normalized spacial score (nSPS) is 14.5. The minimum Gasteiger partial charge on any atom is -0.497 e. The van der Waals surface area contributed by atoms with Crippen LogP contribution < -0.4 is 24.7 Å². The summed E-state index contributed by atoms with van der Waals surface area (Å²) in [6.45, 7) is 0. The number of carbonyl (C=O) groups is 1. The zero-order valence-corrected chi connectivity index (χ0v) is 18.2. The van der Waals surface area contributed by atoms with Gasteiger partial charge in [0.05, 0.1) is 26.6 Å². The van der Waals surface area contributed by atoms with Gasteiger partial charge in [-0.1, -0.05) is 30.3 Å². The average molecular weight is 442 g/mol. The maximum Gasteiger partial charge on any atom is 0.315 e. The first kappa shape index (κ1) is 21.8. The molecule has 7 nitrogen and oxygen atoms in total. The number of esters is 1. The molecule has 0 radical (unpaired) electrons. The van der Waals surface area contributed by atoms with Crippen LogP contribution in [0.3, 0.4) is 0 Å². The van der Waals surface area contributed by atoms with Crippen molar-refractivity contribution < 1.29 is 23.7 Å². The van der Waals surface area contributed by atoms with E-state index in [1.54, 1.807) is 44.6 Å². The van der Waals surface area contributed by atoms with E-state index in [0.29, 0.717) is 28.6 Å². The fourth-order valence-corrected chi connectivity index (χ4v) is 3.74. The SMILES string of the molecule is COc1ccc(CC(=O)Oc2ccc3c(c2)OC(N)=C(C#N)C3c2cccc(OC)c2)cc1. The molecule has 1 atom stereocenters. The summed E-state index contributed by atoms with van der Waals surface area (Å²) in [6, 6.07) is 21.8. The van der Waals surface area contributed by atoms with Gasteiger partial charge in [-0.25, -0.2) is 0 Å². The van der Waals surface area contributed by atoms with E-state index in [2.05, 4.69) is 6.07 Å². The molecular formula is C26H22N2O5. The summed E-state index contributed by atoms with van der Waals surface area (Å²) in [5.41, 5.74) is 8.75. The largest absolute Gasteiger partial charge is 0.497 e. The van der Waals surface area contributed by atoms with Crippen LogP contribution >= 0.6 is 0 Å². The first-order valence-electron chi connectivity index (χ1n) is 10.2. The van der Waals surface area contributed by atoms with Gasteiger partial charge in [0, 0.05) is 11.6 Å². The Bertz CT molecular complexity index is 1260. The van der Waals surface area contributed by atoms with E-state index < -0.39 is 11.9 Å². The number of ether oxygens (including phenoxy) is 4. The molecule has 1 unspecified atom stereocenters. The molecular weight excluding hydrogens is 420 g/mol. The van der Waals surface area contributed by atoms with Crippen LogP contribution in [-0.4, -0.2) is 20.2 Å². The zero-order chi connectivity index (χ0) is 23.4. The Labute approximate surface area is 191 Å². The number of hydrogen-bond acceptors (Lipinski definition) is 7. The van der Waals surface area contributed by atoms with Crippen molar-refractivity contribution in [2.75, 3.05) is 14.2 Å². The standard InChI is InChI=1S/C26H22N2O5/c1-30-18-8-6-16(7-9-18)12-24(29)32-20-10-11-21-23(14-20)33-26(28)22(15-27)25(21)17-4-3-5-19(13-17)31-2/h3-11,13-14,25H,12,28H2,1-2H3. The van der Waals surface area contributed by atoms with Gasteiger partial charge >= 0.3 is 5.97 Å². The summed E-state index contributed by atoms with van der Waals surface area (Å²) < 4.78 is 21.7. The van der Waals surface area contributed by atoms with Crippen LogP contribution in [0.25, 0.3) is 0 Å². The van der Waals surface area contributed by atoms with Crippen LogP contribution in [0.5, 0.6) is 23.0 Å². The van der Waals surface area contributed by atoms with Crippen LogP contribution in [-0.2, 0) is 11.2 Å². The van der Waals surface area contributed by atoms with Gasteiger partial charge in [-0.15, -0.1) is 0 Å². The van der Waals surface area contributed by atoms with Gasteiger partial charge < -0.3 is 24.7 Å². The summed E-state index contributed by atoms with van der Waals surface area (Å²) >= 11 is 0. The van der Waals surface area contributed by atoms with Crippen molar-refractivity contribution in [3.05, 3.63) is 94.9 Å². The molecule has 4 rings (SSSR count). The van der Waals surface area contributed by atoms with Crippen LogP contribution in [0.1, 0.15) is 22.6 Å². The van der Waals surface area contributed by atoms with E-state index in [-0.39, 0.29) is 12.3 Å². The second-order valence-electron chi connectivity index (χ2n) is 7.40. The molecule has 0 saturated heterocycles. The number of fused-ring (bicyclic) bond motifs is 1. The van der Waals surface area contributed by atoms with E-state index in [0.717, 1.165) is 16.7 Å². The lowest BCUT2D eigenvalue weighted by Crippen LogP contribution is -2.21. The smallest absolute Gasteiger partial charge is 0.315 e. The Morgan fingerprint density at radius 3 is 2.42 bits per heavy atom. The maximum absolute atomic E-state index is 12.4. The highest BCUT2D eigenvalue weighted by atomic mass is 16.5. The number of hydrogen-bond donors (Lipinski definition) is 1. The topological polar surface area (TPSA) is 104 Å². The molecule has 0 saturated carbocycles. The van der Waals surface area contributed by atoms with E-state index in [1.807, 2.05) is 36.4 Å². The maximum atomic E-state index is 12.4. The molecule has 1 aliphatic rings. The van der Waals surface area contributed by atoms with Crippen molar-refractivity contribution in [2.45, 2.75) is 12.3 Å². The molecule has 0 fully saturated rings. The van der Waals surface area contributed by atoms with Crippen molar-refractivity contribution in [3.63, 3.8) is 0 Å². The number of rotatable bonds is 6. The molecule has 0 bridgehead atoms. The van der Waals surface area contributed by atoms with Crippen molar-refractivity contribution in [3.8, 4) is 29.1 Å². The molecule has 166 valence electrons. The fourth-order valence-electron chi connectivity index (χ4n) is 3.74. The van der Waals surface area contributed by atoms with Crippen LogP contribution in [0, 0.1) is 11.3 Å². The lowest BCUT2D eigenvalue weighted by Gasteiger charge is -2.27. The van der Waals surface area contributed by atoms with Gasteiger partial charge in [0.1, 0.15) is 34.6 Å². The van der Waals surface area contributed by atoms with Gasteiger partial charge in [-0.05, 0) is 41.5 Å². The van der Waals surface area contributed by atoms with Crippen LogP contribution in [0.2, 0.25) is 0 Å². The predicted octanol–water partition coefficient (Wildman–Crippen LogP) is 4.07. The third-order valence-corrected chi connectivity index (χ3v) is 5.36. The van der Waals surface area contributed by atoms with Crippen molar-refractivity contribution in [2.24, 2.45) is 5.73 Å². The number of nitrogens with zero attached hydrogens (tertiary/aromatic N) is 1. The van der Waals surface area contributed by atoms with Crippen molar-refractivity contribution in [1.82, 2.24) is 0 Å². The molecule has 33 heavy (non-hydrogen) atoms. The van der Waals surface area contributed by atoms with Crippen molar-refractivity contribution >= 4 is 5.97 Å². The Balaban J connectivity index is 1.59. The quantitative estimate of drug-likeness (QED) is 0.453.